The minimum absolute atomic E-state index is 0.0618. The molecule has 0 aliphatic carbocycles. The van der Waals surface area contributed by atoms with Crippen molar-refractivity contribution in [1.82, 2.24) is 4.98 Å². The van der Waals surface area contributed by atoms with Crippen molar-refractivity contribution in [3.8, 4) is 11.5 Å². The van der Waals surface area contributed by atoms with Gasteiger partial charge >= 0.3 is 5.97 Å². The Labute approximate surface area is 127 Å². The summed E-state index contributed by atoms with van der Waals surface area (Å²) in [6, 6.07) is 2.13. The Bertz CT molecular complexity index is 664. The van der Waals surface area contributed by atoms with Crippen LogP contribution >= 0.6 is 15.9 Å². The van der Waals surface area contributed by atoms with Gasteiger partial charge in [-0.2, -0.15) is 0 Å². The number of benzene rings is 1. The first-order valence-corrected chi connectivity index (χ1v) is 6.49. The number of rotatable bonds is 4. The molecule has 0 aliphatic heterocycles. The minimum Gasteiger partial charge on any atom is -0.463 e. The first kappa shape index (κ1) is 15.6. The van der Waals surface area contributed by atoms with Crippen molar-refractivity contribution in [3.05, 3.63) is 39.7 Å². The Morgan fingerprint density at radius 3 is 2.48 bits per heavy atom. The standard InChI is InChI=1S/C13H10BrF2NO4/c1-19-5-9-11(13(18)20-2)21-12(17-9)10-7(15)3-6(14)4-8(10)16/h3-4H,5H2,1-2H3. The second-order valence-corrected chi connectivity index (χ2v) is 4.88. The molecule has 5 nitrogen and oxygen atoms in total. The molecule has 8 heteroatoms. The third kappa shape index (κ3) is 3.11. The largest absolute Gasteiger partial charge is 0.463 e. The predicted octanol–water partition coefficient (Wildman–Crippen LogP) is 3.32. The van der Waals surface area contributed by atoms with Crippen molar-refractivity contribution in [2.24, 2.45) is 0 Å². The van der Waals surface area contributed by atoms with Gasteiger partial charge in [-0.05, 0) is 12.1 Å². The Balaban J connectivity index is 2.58. The lowest BCUT2D eigenvalue weighted by molar-refractivity contribution is 0.0559. The number of oxazole rings is 1. The number of nitrogens with zero attached hydrogens (tertiary/aromatic N) is 1. The van der Waals surface area contributed by atoms with E-state index in [0.29, 0.717) is 0 Å². The molecule has 2 rings (SSSR count). The summed E-state index contributed by atoms with van der Waals surface area (Å²) >= 11 is 2.97. The summed E-state index contributed by atoms with van der Waals surface area (Å²) in [6.45, 7) is -0.0618. The van der Waals surface area contributed by atoms with E-state index in [1.54, 1.807) is 0 Å². The summed E-state index contributed by atoms with van der Waals surface area (Å²) in [5.74, 6) is -3.16. The van der Waals surface area contributed by atoms with Crippen LogP contribution in [0.2, 0.25) is 0 Å². The molecule has 0 amide bonds. The maximum Gasteiger partial charge on any atom is 0.376 e. The second-order valence-electron chi connectivity index (χ2n) is 3.96. The topological polar surface area (TPSA) is 61.6 Å². The summed E-state index contributed by atoms with van der Waals surface area (Å²) in [7, 11) is 2.54. The highest BCUT2D eigenvalue weighted by molar-refractivity contribution is 9.10. The van der Waals surface area contributed by atoms with Crippen LogP contribution in [-0.2, 0) is 16.1 Å². The normalized spacial score (nSPS) is 10.7. The monoisotopic (exact) mass is 361 g/mol. The molecule has 0 saturated heterocycles. The summed E-state index contributed by atoms with van der Waals surface area (Å²) in [5, 5.41) is 0. The van der Waals surface area contributed by atoms with E-state index >= 15 is 0 Å². The zero-order valence-electron chi connectivity index (χ0n) is 11.1. The highest BCUT2D eigenvalue weighted by atomic mass is 79.9. The molecule has 0 spiro atoms. The number of hydrogen-bond donors (Lipinski definition) is 0. The van der Waals surface area contributed by atoms with Crippen LogP contribution in [0.1, 0.15) is 16.2 Å². The SMILES string of the molecule is COCc1nc(-c2c(F)cc(Br)cc2F)oc1C(=O)OC. The molecule has 0 saturated carbocycles. The third-order valence-electron chi connectivity index (χ3n) is 2.57. The molecule has 0 aliphatic rings. The van der Waals surface area contributed by atoms with Gasteiger partial charge in [0.05, 0.1) is 13.7 Å². The van der Waals surface area contributed by atoms with Crippen LogP contribution in [0.15, 0.2) is 21.0 Å². The quantitative estimate of drug-likeness (QED) is 0.781. The summed E-state index contributed by atoms with van der Waals surface area (Å²) in [4.78, 5) is 15.5. The van der Waals surface area contributed by atoms with E-state index in [2.05, 4.69) is 25.7 Å². The average molecular weight is 362 g/mol. The van der Waals surface area contributed by atoms with E-state index in [1.165, 1.54) is 7.11 Å². The number of carbonyl (C=O) groups is 1. The molecule has 2 aromatic rings. The van der Waals surface area contributed by atoms with Gasteiger partial charge in [0, 0.05) is 11.6 Å². The molecule has 0 fully saturated rings. The van der Waals surface area contributed by atoms with E-state index in [0.717, 1.165) is 19.2 Å². The fraction of sp³-hybridized carbons (Fsp3) is 0.231. The van der Waals surface area contributed by atoms with Crippen LogP contribution in [0.25, 0.3) is 11.5 Å². The first-order chi connectivity index (χ1) is 9.97. The minimum atomic E-state index is -0.872. The van der Waals surface area contributed by atoms with Gasteiger partial charge < -0.3 is 13.9 Å². The number of esters is 1. The maximum atomic E-state index is 13.9. The summed E-state index contributed by atoms with van der Waals surface area (Å²) < 4.78 is 42.6. The number of ether oxygens (including phenoxy) is 2. The van der Waals surface area contributed by atoms with Crippen LogP contribution in [0, 0.1) is 11.6 Å². The van der Waals surface area contributed by atoms with Gasteiger partial charge in [-0.15, -0.1) is 0 Å². The molecule has 0 unspecified atom stereocenters. The van der Waals surface area contributed by atoms with Crippen molar-refractivity contribution in [2.75, 3.05) is 14.2 Å². The second kappa shape index (κ2) is 6.31. The van der Waals surface area contributed by atoms with Crippen LogP contribution in [0.5, 0.6) is 0 Å². The predicted molar refractivity (Wildman–Crippen MR) is 71.6 cm³/mol. The molecular weight excluding hydrogens is 352 g/mol. The van der Waals surface area contributed by atoms with Crippen molar-refractivity contribution < 1.29 is 27.5 Å². The third-order valence-corrected chi connectivity index (χ3v) is 3.03. The lowest BCUT2D eigenvalue weighted by Gasteiger charge is -2.01. The fourth-order valence-corrected chi connectivity index (χ4v) is 2.09. The van der Waals surface area contributed by atoms with Crippen molar-refractivity contribution in [1.29, 1.82) is 0 Å². The van der Waals surface area contributed by atoms with Crippen molar-refractivity contribution >= 4 is 21.9 Å². The molecule has 1 aromatic heterocycles. The van der Waals surface area contributed by atoms with Gasteiger partial charge in [0.15, 0.2) is 0 Å². The maximum absolute atomic E-state index is 13.9. The lowest BCUT2D eigenvalue weighted by atomic mass is 10.2. The Kier molecular flexibility index (Phi) is 4.69. The molecule has 0 bridgehead atoms. The highest BCUT2D eigenvalue weighted by Crippen LogP contribution is 2.30. The van der Waals surface area contributed by atoms with Crippen molar-refractivity contribution in [3.63, 3.8) is 0 Å². The van der Waals surface area contributed by atoms with Crippen molar-refractivity contribution in [2.45, 2.75) is 6.61 Å². The van der Waals surface area contributed by atoms with Crippen LogP contribution < -0.4 is 0 Å². The van der Waals surface area contributed by atoms with Gasteiger partial charge in [-0.25, -0.2) is 18.6 Å². The Hall–Kier alpha value is -1.80. The Morgan fingerprint density at radius 2 is 1.95 bits per heavy atom. The van der Waals surface area contributed by atoms with E-state index in [-0.39, 0.29) is 28.4 Å². The average Bonchev–Trinajstić information content (AvgIpc) is 2.81. The molecular formula is C13H10BrF2NO4. The van der Waals surface area contributed by atoms with Crippen LogP contribution in [0.3, 0.4) is 0 Å². The molecule has 112 valence electrons. The van der Waals surface area contributed by atoms with E-state index in [1.807, 2.05) is 0 Å². The highest BCUT2D eigenvalue weighted by Gasteiger charge is 2.25. The molecule has 0 radical (unpaired) electrons. The first-order valence-electron chi connectivity index (χ1n) is 5.69. The van der Waals surface area contributed by atoms with Crippen LogP contribution in [0.4, 0.5) is 8.78 Å². The number of aromatic nitrogens is 1. The number of halogens is 3. The Morgan fingerprint density at radius 1 is 1.33 bits per heavy atom. The zero-order valence-corrected chi connectivity index (χ0v) is 12.7. The lowest BCUT2D eigenvalue weighted by Crippen LogP contribution is -2.04. The molecule has 1 heterocycles. The summed E-state index contributed by atoms with van der Waals surface area (Å²) in [5.41, 5.74) is -0.369. The number of carbonyl (C=O) groups excluding carboxylic acids is 1. The number of hydrogen-bond acceptors (Lipinski definition) is 5. The van der Waals surface area contributed by atoms with Gasteiger partial charge in [0.2, 0.25) is 11.7 Å². The zero-order chi connectivity index (χ0) is 15.6. The van der Waals surface area contributed by atoms with E-state index in [9.17, 15) is 13.6 Å². The molecule has 0 N–H and O–H groups in total. The van der Waals surface area contributed by atoms with Gasteiger partial charge in [-0.3, -0.25) is 0 Å². The van der Waals surface area contributed by atoms with Crippen LogP contribution in [-0.4, -0.2) is 25.2 Å². The molecule has 21 heavy (non-hydrogen) atoms. The summed E-state index contributed by atoms with van der Waals surface area (Å²) in [6.07, 6.45) is 0. The fourth-order valence-electron chi connectivity index (χ4n) is 1.69. The van der Waals surface area contributed by atoms with Gasteiger partial charge in [-0.1, -0.05) is 15.9 Å². The van der Waals surface area contributed by atoms with E-state index in [4.69, 9.17) is 9.15 Å². The van der Waals surface area contributed by atoms with Gasteiger partial charge in [0.25, 0.3) is 0 Å². The molecule has 0 atom stereocenters. The van der Waals surface area contributed by atoms with E-state index < -0.39 is 23.2 Å². The smallest absolute Gasteiger partial charge is 0.376 e. The molecule has 1 aromatic carbocycles. The number of methoxy groups -OCH3 is 2. The van der Waals surface area contributed by atoms with Gasteiger partial charge in [0.1, 0.15) is 22.9 Å².